The molecular formula is C9H9NO2. The predicted molar refractivity (Wildman–Crippen MR) is 42.4 cm³/mol. The molecule has 1 aromatic rings. The summed E-state index contributed by atoms with van der Waals surface area (Å²) >= 11 is 0. The normalized spacial score (nSPS) is 21.4. The first-order chi connectivity index (χ1) is 5.79. The lowest BCUT2D eigenvalue weighted by atomic mass is 10.0. The first-order valence-corrected chi connectivity index (χ1v) is 3.89. The molecule has 0 saturated carbocycles. The number of hydrogen-bond acceptors (Lipinski definition) is 3. The highest BCUT2D eigenvalue weighted by Crippen LogP contribution is 2.24. The van der Waals surface area contributed by atoms with Crippen LogP contribution in [-0.4, -0.2) is 11.0 Å². The second kappa shape index (κ2) is 2.59. The number of hydrogen-bond donors (Lipinski definition) is 0. The molecule has 1 aromatic heterocycles. The predicted octanol–water partition coefficient (Wildman–Crippen LogP) is 1.24. The number of ether oxygens (including phenoxy) is 1. The average Bonchev–Trinajstić information content (AvgIpc) is 2.12. The quantitative estimate of drug-likeness (QED) is 0.540. The van der Waals surface area contributed by atoms with Crippen molar-refractivity contribution < 1.29 is 9.53 Å². The fourth-order valence-electron chi connectivity index (χ4n) is 1.35. The van der Waals surface area contributed by atoms with E-state index in [0.29, 0.717) is 6.61 Å². The molecule has 0 saturated heterocycles. The fraction of sp³-hybridized carbons (Fsp3) is 0.333. The van der Waals surface area contributed by atoms with Crippen molar-refractivity contribution in [3.05, 3.63) is 29.6 Å². The van der Waals surface area contributed by atoms with Crippen LogP contribution in [0.15, 0.2) is 18.3 Å². The van der Waals surface area contributed by atoms with Crippen LogP contribution in [0.2, 0.25) is 0 Å². The van der Waals surface area contributed by atoms with Gasteiger partial charge in [-0.15, -0.1) is 0 Å². The van der Waals surface area contributed by atoms with Gasteiger partial charge >= 0.3 is 5.97 Å². The summed E-state index contributed by atoms with van der Waals surface area (Å²) in [5, 5.41) is 0. The van der Waals surface area contributed by atoms with Crippen molar-refractivity contribution >= 4 is 5.97 Å². The number of nitrogens with zero attached hydrogens (tertiary/aromatic N) is 1. The van der Waals surface area contributed by atoms with Crippen LogP contribution in [0.1, 0.15) is 24.1 Å². The zero-order chi connectivity index (χ0) is 8.55. The van der Waals surface area contributed by atoms with Crippen molar-refractivity contribution in [3.8, 4) is 0 Å². The van der Waals surface area contributed by atoms with Crippen molar-refractivity contribution in [1.82, 2.24) is 4.98 Å². The highest BCUT2D eigenvalue weighted by atomic mass is 16.5. The Hall–Kier alpha value is -1.38. The Morgan fingerprint density at radius 3 is 3.33 bits per heavy atom. The Kier molecular flexibility index (Phi) is 1.57. The van der Waals surface area contributed by atoms with Gasteiger partial charge in [-0.1, -0.05) is 6.07 Å². The zero-order valence-corrected chi connectivity index (χ0v) is 6.78. The molecule has 0 bridgehead atoms. The molecule has 1 aliphatic heterocycles. The molecule has 62 valence electrons. The second-order valence-electron chi connectivity index (χ2n) is 2.88. The number of esters is 1. The molecule has 0 aromatic carbocycles. The molecule has 3 heteroatoms. The molecular weight excluding hydrogens is 154 g/mol. The number of aromatic nitrogens is 1. The molecule has 0 spiro atoms. The minimum atomic E-state index is -0.213. The van der Waals surface area contributed by atoms with E-state index in [1.165, 1.54) is 0 Å². The molecule has 0 amide bonds. The summed E-state index contributed by atoms with van der Waals surface area (Å²) in [5.41, 5.74) is 1.87. The van der Waals surface area contributed by atoms with Crippen molar-refractivity contribution in [3.63, 3.8) is 0 Å². The van der Waals surface area contributed by atoms with Gasteiger partial charge in [0.25, 0.3) is 0 Å². The SMILES string of the molecule is CC1C(=O)OCc2cccnc21. The molecule has 12 heavy (non-hydrogen) atoms. The Labute approximate surface area is 70.4 Å². The van der Waals surface area contributed by atoms with Crippen LogP contribution in [-0.2, 0) is 16.1 Å². The standard InChI is InChI=1S/C9H9NO2/c1-6-8-7(3-2-4-10-8)5-12-9(6)11/h2-4,6H,5H2,1H3. The van der Waals surface area contributed by atoms with Gasteiger partial charge in [0.15, 0.2) is 0 Å². The molecule has 1 unspecified atom stereocenters. The van der Waals surface area contributed by atoms with E-state index in [0.717, 1.165) is 11.3 Å². The third-order valence-electron chi connectivity index (χ3n) is 2.06. The minimum Gasteiger partial charge on any atom is -0.460 e. The molecule has 2 rings (SSSR count). The molecule has 0 N–H and O–H groups in total. The Morgan fingerprint density at radius 1 is 1.67 bits per heavy atom. The van der Waals surface area contributed by atoms with Crippen LogP contribution in [0.3, 0.4) is 0 Å². The summed E-state index contributed by atoms with van der Waals surface area (Å²) in [5.74, 6) is -0.392. The van der Waals surface area contributed by atoms with Gasteiger partial charge < -0.3 is 4.74 Å². The first kappa shape index (κ1) is 7.28. The summed E-state index contributed by atoms with van der Waals surface area (Å²) in [6.45, 7) is 2.18. The maximum Gasteiger partial charge on any atom is 0.315 e. The lowest BCUT2D eigenvalue weighted by molar-refractivity contribution is -0.148. The first-order valence-electron chi connectivity index (χ1n) is 3.89. The smallest absolute Gasteiger partial charge is 0.315 e. The fourth-order valence-corrected chi connectivity index (χ4v) is 1.35. The van der Waals surface area contributed by atoms with Gasteiger partial charge in [-0.25, -0.2) is 0 Å². The van der Waals surface area contributed by atoms with Crippen molar-refractivity contribution in [2.24, 2.45) is 0 Å². The van der Waals surface area contributed by atoms with Gasteiger partial charge in [0.2, 0.25) is 0 Å². The third-order valence-corrected chi connectivity index (χ3v) is 2.06. The van der Waals surface area contributed by atoms with E-state index >= 15 is 0 Å². The number of rotatable bonds is 0. The second-order valence-corrected chi connectivity index (χ2v) is 2.88. The van der Waals surface area contributed by atoms with Gasteiger partial charge in [0, 0.05) is 11.8 Å². The summed E-state index contributed by atoms with van der Waals surface area (Å²) in [4.78, 5) is 15.2. The Balaban J connectivity index is 2.48. The summed E-state index contributed by atoms with van der Waals surface area (Å²) in [7, 11) is 0. The van der Waals surface area contributed by atoms with Crippen molar-refractivity contribution in [2.75, 3.05) is 0 Å². The number of pyridine rings is 1. The summed E-state index contributed by atoms with van der Waals surface area (Å²) in [6, 6.07) is 3.79. The minimum absolute atomic E-state index is 0.179. The number of fused-ring (bicyclic) bond motifs is 1. The Morgan fingerprint density at radius 2 is 2.50 bits per heavy atom. The number of cyclic esters (lactones) is 1. The third kappa shape index (κ3) is 0.978. The van der Waals surface area contributed by atoms with Gasteiger partial charge in [-0.3, -0.25) is 9.78 Å². The maximum absolute atomic E-state index is 11.1. The van der Waals surface area contributed by atoms with E-state index in [2.05, 4.69) is 4.98 Å². The monoisotopic (exact) mass is 163 g/mol. The number of carbonyl (C=O) groups is 1. The van der Waals surface area contributed by atoms with Gasteiger partial charge in [0.05, 0.1) is 11.6 Å². The van der Waals surface area contributed by atoms with Crippen LogP contribution < -0.4 is 0 Å². The largest absolute Gasteiger partial charge is 0.460 e. The molecule has 1 atom stereocenters. The van der Waals surface area contributed by atoms with Gasteiger partial charge in [-0.2, -0.15) is 0 Å². The number of carbonyl (C=O) groups excluding carboxylic acids is 1. The molecule has 3 nitrogen and oxygen atoms in total. The van der Waals surface area contributed by atoms with E-state index in [9.17, 15) is 4.79 Å². The Bertz CT molecular complexity index is 322. The highest BCUT2D eigenvalue weighted by Gasteiger charge is 2.25. The van der Waals surface area contributed by atoms with Crippen LogP contribution in [0, 0.1) is 0 Å². The van der Waals surface area contributed by atoms with E-state index < -0.39 is 0 Å². The van der Waals surface area contributed by atoms with E-state index in [1.54, 1.807) is 6.20 Å². The highest BCUT2D eigenvalue weighted by molar-refractivity contribution is 5.78. The molecule has 0 radical (unpaired) electrons. The summed E-state index contributed by atoms with van der Waals surface area (Å²) < 4.78 is 4.94. The molecule has 0 aliphatic carbocycles. The molecule has 2 heterocycles. The van der Waals surface area contributed by atoms with E-state index in [4.69, 9.17) is 4.74 Å². The van der Waals surface area contributed by atoms with Gasteiger partial charge in [0.1, 0.15) is 6.61 Å². The van der Waals surface area contributed by atoms with Gasteiger partial charge in [-0.05, 0) is 13.0 Å². The van der Waals surface area contributed by atoms with Crippen LogP contribution in [0.4, 0.5) is 0 Å². The van der Waals surface area contributed by atoms with Crippen LogP contribution in [0.5, 0.6) is 0 Å². The summed E-state index contributed by atoms with van der Waals surface area (Å²) in [6.07, 6.45) is 1.70. The van der Waals surface area contributed by atoms with Crippen molar-refractivity contribution in [2.45, 2.75) is 19.4 Å². The molecule has 0 fully saturated rings. The van der Waals surface area contributed by atoms with Crippen LogP contribution >= 0.6 is 0 Å². The lowest BCUT2D eigenvalue weighted by Crippen LogP contribution is -2.21. The van der Waals surface area contributed by atoms with E-state index in [1.807, 2.05) is 19.1 Å². The zero-order valence-electron chi connectivity index (χ0n) is 6.78. The average molecular weight is 163 g/mol. The van der Waals surface area contributed by atoms with Crippen LogP contribution in [0.25, 0.3) is 0 Å². The maximum atomic E-state index is 11.1. The molecule has 1 aliphatic rings. The van der Waals surface area contributed by atoms with E-state index in [-0.39, 0.29) is 11.9 Å². The topological polar surface area (TPSA) is 39.2 Å². The van der Waals surface area contributed by atoms with Crippen molar-refractivity contribution in [1.29, 1.82) is 0 Å². The lowest BCUT2D eigenvalue weighted by Gasteiger charge is -2.19.